The van der Waals surface area contributed by atoms with Crippen molar-refractivity contribution in [3.8, 4) is 0 Å². The highest BCUT2D eigenvalue weighted by atomic mass is 16.2. The Morgan fingerprint density at radius 1 is 0.880 bits per heavy atom. The Hall–Kier alpha value is -3.08. The summed E-state index contributed by atoms with van der Waals surface area (Å²) in [6.07, 6.45) is 1.54. The average Bonchev–Trinajstić information content (AvgIpc) is 2.69. The van der Waals surface area contributed by atoms with E-state index in [2.05, 4.69) is 22.0 Å². The van der Waals surface area contributed by atoms with Gasteiger partial charge in [-0.05, 0) is 24.3 Å². The molecule has 0 radical (unpaired) electrons. The lowest BCUT2D eigenvalue weighted by atomic mass is 10.1. The molecule has 2 aromatic carbocycles. The fourth-order valence-corrected chi connectivity index (χ4v) is 3.30. The van der Waals surface area contributed by atoms with Crippen LogP contribution in [0.25, 0.3) is 10.9 Å². The zero-order valence-corrected chi connectivity index (χ0v) is 13.8. The molecular formula is C20H19N3O2. The fourth-order valence-electron chi connectivity index (χ4n) is 3.30. The van der Waals surface area contributed by atoms with Gasteiger partial charge in [0, 0.05) is 49.0 Å². The van der Waals surface area contributed by atoms with Gasteiger partial charge in [-0.25, -0.2) is 0 Å². The van der Waals surface area contributed by atoms with Gasteiger partial charge >= 0.3 is 0 Å². The number of aromatic nitrogens is 1. The van der Waals surface area contributed by atoms with Crippen molar-refractivity contribution in [2.24, 2.45) is 0 Å². The number of nitrogens with one attached hydrogen (secondary N) is 1. The van der Waals surface area contributed by atoms with Crippen molar-refractivity contribution in [2.45, 2.75) is 0 Å². The van der Waals surface area contributed by atoms with E-state index in [0.717, 1.165) is 24.3 Å². The van der Waals surface area contributed by atoms with Gasteiger partial charge in [0.2, 0.25) is 5.43 Å². The van der Waals surface area contributed by atoms with Crippen LogP contribution in [0, 0.1) is 0 Å². The van der Waals surface area contributed by atoms with Crippen LogP contribution in [0.5, 0.6) is 0 Å². The number of rotatable bonds is 2. The van der Waals surface area contributed by atoms with Gasteiger partial charge in [-0.3, -0.25) is 9.59 Å². The molecule has 5 heteroatoms. The van der Waals surface area contributed by atoms with Crippen LogP contribution in [0.3, 0.4) is 0 Å². The van der Waals surface area contributed by atoms with E-state index in [1.165, 1.54) is 6.20 Å². The molecule has 2 heterocycles. The highest BCUT2D eigenvalue weighted by molar-refractivity contribution is 5.97. The van der Waals surface area contributed by atoms with Gasteiger partial charge in [0.25, 0.3) is 5.91 Å². The second-order valence-electron chi connectivity index (χ2n) is 6.19. The Morgan fingerprint density at radius 3 is 2.32 bits per heavy atom. The number of benzene rings is 2. The molecule has 0 aliphatic carbocycles. The number of para-hydroxylation sites is 2. The number of anilines is 1. The number of pyridine rings is 1. The van der Waals surface area contributed by atoms with Crippen LogP contribution in [-0.4, -0.2) is 42.0 Å². The Labute approximate surface area is 145 Å². The first-order valence-electron chi connectivity index (χ1n) is 8.44. The third kappa shape index (κ3) is 2.89. The highest BCUT2D eigenvalue weighted by Gasteiger charge is 2.24. The lowest BCUT2D eigenvalue weighted by molar-refractivity contribution is 0.0745. The molecule has 1 amide bonds. The SMILES string of the molecule is O=C(c1c[nH]c2ccccc2c1=O)N1CCN(c2ccccc2)CC1. The summed E-state index contributed by atoms with van der Waals surface area (Å²) in [5.74, 6) is -0.195. The number of fused-ring (bicyclic) bond motifs is 1. The van der Waals surface area contributed by atoms with Crippen molar-refractivity contribution in [1.82, 2.24) is 9.88 Å². The Bertz CT molecular complexity index is 957. The first-order valence-corrected chi connectivity index (χ1v) is 8.44. The largest absolute Gasteiger partial charge is 0.368 e. The average molecular weight is 333 g/mol. The first kappa shape index (κ1) is 15.4. The monoisotopic (exact) mass is 333 g/mol. The molecule has 0 spiro atoms. The minimum absolute atomic E-state index is 0.195. The molecule has 5 nitrogen and oxygen atoms in total. The molecule has 1 aliphatic heterocycles. The van der Waals surface area contributed by atoms with Gasteiger partial charge in [0.1, 0.15) is 5.56 Å². The molecule has 0 atom stereocenters. The molecule has 1 fully saturated rings. The standard InChI is InChI=1S/C20H19N3O2/c24-19-16-8-4-5-9-18(16)21-14-17(19)20(25)23-12-10-22(11-13-23)15-6-2-1-3-7-15/h1-9,14H,10-13H2,(H,21,24). The van der Waals surface area contributed by atoms with Crippen molar-refractivity contribution in [2.75, 3.05) is 31.1 Å². The summed E-state index contributed by atoms with van der Waals surface area (Å²) >= 11 is 0. The number of carbonyl (C=O) groups is 1. The van der Waals surface area contributed by atoms with Crippen LogP contribution in [0.4, 0.5) is 5.69 Å². The smallest absolute Gasteiger partial charge is 0.259 e. The molecule has 126 valence electrons. The summed E-state index contributed by atoms with van der Waals surface area (Å²) in [6.45, 7) is 2.75. The van der Waals surface area contributed by atoms with E-state index < -0.39 is 0 Å². The second-order valence-corrected chi connectivity index (χ2v) is 6.19. The summed E-state index contributed by atoms with van der Waals surface area (Å²) in [4.78, 5) is 32.5. The predicted molar refractivity (Wildman–Crippen MR) is 99.1 cm³/mol. The van der Waals surface area contributed by atoms with Gasteiger partial charge in [-0.2, -0.15) is 0 Å². The molecule has 4 rings (SSSR count). The molecule has 1 saturated heterocycles. The van der Waals surface area contributed by atoms with Crippen molar-refractivity contribution < 1.29 is 4.79 Å². The van der Waals surface area contributed by atoms with E-state index in [4.69, 9.17) is 0 Å². The van der Waals surface area contributed by atoms with E-state index in [1.54, 1.807) is 11.0 Å². The highest BCUT2D eigenvalue weighted by Crippen LogP contribution is 2.16. The van der Waals surface area contributed by atoms with E-state index in [-0.39, 0.29) is 16.9 Å². The van der Waals surface area contributed by atoms with Gasteiger partial charge < -0.3 is 14.8 Å². The third-order valence-corrected chi connectivity index (χ3v) is 4.71. The van der Waals surface area contributed by atoms with E-state index >= 15 is 0 Å². The summed E-state index contributed by atoms with van der Waals surface area (Å²) < 4.78 is 0. The van der Waals surface area contributed by atoms with Crippen LogP contribution < -0.4 is 10.3 Å². The van der Waals surface area contributed by atoms with Crippen LogP contribution in [0.15, 0.2) is 65.6 Å². The van der Waals surface area contributed by atoms with Crippen LogP contribution in [0.1, 0.15) is 10.4 Å². The number of hydrogen-bond donors (Lipinski definition) is 1. The fraction of sp³-hybridized carbons (Fsp3) is 0.200. The maximum atomic E-state index is 12.8. The molecule has 1 aromatic heterocycles. The number of piperazine rings is 1. The summed E-state index contributed by atoms with van der Waals surface area (Å²) in [7, 11) is 0. The van der Waals surface area contributed by atoms with Crippen molar-refractivity contribution in [1.29, 1.82) is 0 Å². The molecule has 3 aromatic rings. The lowest BCUT2D eigenvalue weighted by Crippen LogP contribution is -2.49. The molecule has 25 heavy (non-hydrogen) atoms. The Balaban J connectivity index is 1.53. The van der Waals surface area contributed by atoms with Gasteiger partial charge in [-0.1, -0.05) is 30.3 Å². The zero-order chi connectivity index (χ0) is 17.2. The predicted octanol–water partition coefficient (Wildman–Crippen LogP) is 2.49. The summed E-state index contributed by atoms with van der Waals surface area (Å²) in [5.41, 5.74) is 1.92. The number of hydrogen-bond acceptors (Lipinski definition) is 3. The van der Waals surface area contributed by atoms with Crippen LogP contribution >= 0.6 is 0 Å². The zero-order valence-electron chi connectivity index (χ0n) is 13.8. The molecule has 0 saturated carbocycles. The normalized spacial score (nSPS) is 14.7. The van der Waals surface area contributed by atoms with E-state index in [0.29, 0.717) is 18.5 Å². The van der Waals surface area contributed by atoms with Crippen LogP contribution in [0.2, 0.25) is 0 Å². The maximum absolute atomic E-state index is 12.8. The number of amides is 1. The molecule has 0 unspecified atom stereocenters. The first-order chi connectivity index (χ1) is 12.2. The van der Waals surface area contributed by atoms with Gasteiger partial charge in [-0.15, -0.1) is 0 Å². The minimum atomic E-state index is -0.204. The summed E-state index contributed by atoms with van der Waals surface area (Å²) in [6, 6.07) is 17.4. The van der Waals surface area contributed by atoms with Crippen LogP contribution in [-0.2, 0) is 0 Å². The van der Waals surface area contributed by atoms with Crippen molar-refractivity contribution in [3.63, 3.8) is 0 Å². The van der Waals surface area contributed by atoms with E-state index in [1.807, 2.05) is 36.4 Å². The molecule has 0 bridgehead atoms. The maximum Gasteiger partial charge on any atom is 0.259 e. The molecule has 1 aliphatic rings. The van der Waals surface area contributed by atoms with Gasteiger partial charge in [0.15, 0.2) is 0 Å². The number of aromatic amines is 1. The molecule has 1 N–H and O–H groups in total. The van der Waals surface area contributed by atoms with Gasteiger partial charge in [0.05, 0.1) is 0 Å². The molecular weight excluding hydrogens is 314 g/mol. The number of H-pyrrole nitrogens is 1. The van der Waals surface area contributed by atoms with Crippen molar-refractivity contribution >= 4 is 22.5 Å². The third-order valence-electron chi connectivity index (χ3n) is 4.71. The number of carbonyl (C=O) groups excluding carboxylic acids is 1. The summed E-state index contributed by atoms with van der Waals surface area (Å²) in [5, 5.41) is 0.552. The quantitative estimate of drug-likeness (QED) is 0.784. The number of nitrogens with zero attached hydrogens (tertiary/aromatic N) is 2. The second kappa shape index (κ2) is 6.43. The Morgan fingerprint density at radius 2 is 1.56 bits per heavy atom. The topological polar surface area (TPSA) is 56.4 Å². The van der Waals surface area contributed by atoms with Crippen molar-refractivity contribution in [3.05, 3.63) is 76.6 Å². The lowest BCUT2D eigenvalue weighted by Gasteiger charge is -2.36. The Kier molecular flexibility index (Phi) is 3.98. The minimum Gasteiger partial charge on any atom is -0.368 e. The van der Waals surface area contributed by atoms with E-state index in [9.17, 15) is 9.59 Å².